The van der Waals surface area contributed by atoms with E-state index in [1.165, 1.54) is 43.2 Å². The molecule has 0 saturated heterocycles. The number of carboxylic acids is 2. The highest BCUT2D eigenvalue weighted by Gasteiger charge is 2.36. The summed E-state index contributed by atoms with van der Waals surface area (Å²) in [7, 11) is -3.37. The fourth-order valence-corrected chi connectivity index (χ4v) is 15.9. The second kappa shape index (κ2) is 32.4. The Morgan fingerprint density at radius 3 is 1.20 bits per heavy atom. The van der Waals surface area contributed by atoms with E-state index in [-0.39, 0.29) is 11.8 Å². The van der Waals surface area contributed by atoms with Gasteiger partial charge in [-0.05, 0) is 152 Å². The SMILES string of the molecule is CC(C)(SC(=S)SC(C)(C)C(=O)NCCCO[Si](C)(C)CCCNC(=O)C(C)(C)SC(=S)SC(C)(C)C(=O)O)C(=O)O.CCN(CC)CC.C[Si](C)(CCCN)OCCCN. The summed E-state index contributed by atoms with van der Waals surface area (Å²) in [5.41, 5.74) is 10.8. The maximum Gasteiger partial charge on any atom is 0.319 e. The number of hydrogen-bond acceptors (Lipinski definition) is 15. The minimum absolute atomic E-state index is 0.161. The van der Waals surface area contributed by atoms with E-state index in [9.17, 15) is 29.4 Å². The molecule has 0 rings (SSSR count). The molecule has 0 saturated carbocycles. The molecule has 0 aromatic carbocycles. The summed E-state index contributed by atoms with van der Waals surface area (Å²) in [5.74, 6) is -2.27. The third kappa shape index (κ3) is 32.9. The molecule has 2 amide bonds. The molecule has 21 heteroatoms. The smallest absolute Gasteiger partial charge is 0.319 e. The largest absolute Gasteiger partial charge is 0.480 e. The van der Waals surface area contributed by atoms with Crippen molar-refractivity contribution in [3.63, 3.8) is 0 Å². The number of rotatable bonds is 27. The minimum Gasteiger partial charge on any atom is -0.480 e. The van der Waals surface area contributed by atoms with E-state index >= 15 is 0 Å². The highest BCUT2D eigenvalue weighted by molar-refractivity contribution is 8.48. The van der Waals surface area contributed by atoms with Gasteiger partial charge in [-0.25, -0.2) is 0 Å². The van der Waals surface area contributed by atoms with Gasteiger partial charge in [0.1, 0.15) is 16.6 Å². The van der Waals surface area contributed by atoms with Gasteiger partial charge < -0.3 is 46.1 Å². The van der Waals surface area contributed by atoms with Crippen molar-refractivity contribution >= 4 is 119 Å². The van der Waals surface area contributed by atoms with Crippen LogP contribution >= 0.6 is 71.5 Å². The average molecular weight is 1010 g/mol. The van der Waals surface area contributed by atoms with E-state index in [0.29, 0.717) is 33.2 Å². The van der Waals surface area contributed by atoms with E-state index in [2.05, 4.69) is 62.5 Å². The lowest BCUT2D eigenvalue weighted by Crippen LogP contribution is -2.42. The molecule has 0 aliphatic rings. The number of carboxylic acid groups (broad SMARTS) is 2. The Kier molecular flexibility index (Phi) is 34.5. The number of hydrogen-bond donors (Lipinski definition) is 6. The van der Waals surface area contributed by atoms with Crippen LogP contribution in [0.3, 0.4) is 0 Å². The van der Waals surface area contributed by atoms with Crippen LogP contribution in [-0.2, 0) is 28.0 Å². The van der Waals surface area contributed by atoms with Crippen LogP contribution in [0.25, 0.3) is 0 Å². The first-order valence-electron chi connectivity index (χ1n) is 21.1. The Labute approximate surface area is 399 Å². The number of carbonyl (C=O) groups excluding carboxylic acids is 2. The third-order valence-corrected chi connectivity index (χ3v) is 19.5. The van der Waals surface area contributed by atoms with Crippen LogP contribution in [0.1, 0.15) is 102 Å². The van der Waals surface area contributed by atoms with Crippen LogP contribution in [0.2, 0.25) is 38.3 Å². The van der Waals surface area contributed by atoms with Crippen LogP contribution in [0.5, 0.6) is 0 Å². The van der Waals surface area contributed by atoms with Crippen LogP contribution < -0.4 is 22.1 Å². The van der Waals surface area contributed by atoms with Crippen molar-refractivity contribution in [2.24, 2.45) is 11.5 Å². The molecule has 0 heterocycles. The summed E-state index contributed by atoms with van der Waals surface area (Å²) >= 11 is 15.1. The number of nitrogens with zero attached hydrogens (tertiary/aromatic N) is 1. The van der Waals surface area contributed by atoms with E-state index in [0.717, 1.165) is 74.6 Å². The van der Waals surface area contributed by atoms with Gasteiger partial charge in [0.25, 0.3) is 0 Å². The summed E-state index contributed by atoms with van der Waals surface area (Å²) in [6.07, 6.45) is 3.46. The van der Waals surface area contributed by atoms with Crippen molar-refractivity contribution in [3.8, 4) is 0 Å². The van der Waals surface area contributed by atoms with Gasteiger partial charge in [0.15, 0.2) is 16.6 Å². The highest BCUT2D eigenvalue weighted by atomic mass is 32.2. The summed E-state index contributed by atoms with van der Waals surface area (Å²) in [6.45, 7) is 35.9. The van der Waals surface area contributed by atoms with Gasteiger partial charge in [0, 0.05) is 26.3 Å². The molecule has 0 atom stereocenters. The number of carbonyl (C=O) groups is 4. The maximum absolute atomic E-state index is 12.7. The number of thiocarbonyl (C=S) groups is 2. The number of amides is 2. The molecule has 13 nitrogen and oxygen atoms in total. The zero-order valence-electron chi connectivity index (χ0n) is 40.0. The van der Waals surface area contributed by atoms with Gasteiger partial charge in [-0.2, -0.15) is 0 Å². The Bertz CT molecular complexity index is 1330. The molecular formula is C40H83N5O8S6Si2. The third-order valence-electron chi connectivity index (χ3n) is 8.98. The molecule has 0 aliphatic carbocycles. The molecule has 0 unspecified atom stereocenters. The van der Waals surface area contributed by atoms with Crippen molar-refractivity contribution in [2.75, 3.05) is 59.0 Å². The second-order valence-electron chi connectivity index (χ2n) is 17.4. The molecule has 0 aromatic heterocycles. The predicted molar refractivity (Wildman–Crippen MR) is 280 cm³/mol. The van der Waals surface area contributed by atoms with Crippen LogP contribution in [0.4, 0.5) is 0 Å². The molecule has 360 valence electrons. The van der Waals surface area contributed by atoms with Gasteiger partial charge in [0.2, 0.25) is 11.8 Å². The molecule has 0 radical (unpaired) electrons. The van der Waals surface area contributed by atoms with Gasteiger partial charge in [-0.1, -0.05) is 92.3 Å². The van der Waals surface area contributed by atoms with E-state index in [4.69, 9.17) is 44.8 Å². The topological polar surface area (TPSA) is 207 Å². The Morgan fingerprint density at radius 1 is 0.574 bits per heavy atom. The molecule has 0 aromatic rings. The first kappa shape index (κ1) is 65.0. The maximum atomic E-state index is 12.7. The fraction of sp³-hybridized carbons (Fsp3) is 0.850. The van der Waals surface area contributed by atoms with Crippen LogP contribution in [0, 0.1) is 0 Å². The van der Waals surface area contributed by atoms with Crippen LogP contribution in [0.15, 0.2) is 0 Å². The number of nitrogens with two attached hydrogens (primary N) is 2. The van der Waals surface area contributed by atoms with Crippen molar-refractivity contribution in [1.82, 2.24) is 15.5 Å². The summed E-state index contributed by atoms with van der Waals surface area (Å²) in [4.78, 5) is 50.5. The summed E-state index contributed by atoms with van der Waals surface area (Å²) < 4.78 is 8.92. The fourth-order valence-electron chi connectivity index (χ4n) is 4.59. The van der Waals surface area contributed by atoms with E-state index in [1.54, 1.807) is 55.4 Å². The normalized spacial score (nSPS) is 12.4. The first-order valence-corrected chi connectivity index (χ1v) is 31.4. The van der Waals surface area contributed by atoms with Crippen molar-refractivity contribution in [2.45, 2.75) is 159 Å². The van der Waals surface area contributed by atoms with Crippen molar-refractivity contribution in [3.05, 3.63) is 0 Å². The Hall–Kier alpha value is -0.306. The van der Waals surface area contributed by atoms with E-state index < -0.39 is 47.6 Å². The minimum atomic E-state index is -1.97. The Balaban J connectivity index is -0.00000145. The first-order chi connectivity index (χ1) is 27.8. The van der Waals surface area contributed by atoms with Gasteiger partial charge in [-0.3, -0.25) is 19.2 Å². The number of thioether (sulfide) groups is 4. The lowest BCUT2D eigenvalue weighted by atomic mass is 10.2. The van der Waals surface area contributed by atoms with Crippen LogP contribution in [-0.4, -0.2) is 141 Å². The zero-order valence-corrected chi connectivity index (χ0v) is 46.9. The molecule has 8 N–H and O–H groups in total. The number of aliphatic carboxylic acids is 2. The number of nitrogens with one attached hydrogen (secondary N) is 2. The van der Waals surface area contributed by atoms with Gasteiger partial charge in [-0.15, -0.1) is 0 Å². The lowest BCUT2D eigenvalue weighted by Gasteiger charge is -2.27. The lowest BCUT2D eigenvalue weighted by molar-refractivity contribution is -0.139. The molecule has 61 heavy (non-hydrogen) atoms. The summed E-state index contributed by atoms with van der Waals surface area (Å²) in [5, 5.41) is 24.4. The molecule has 0 bridgehead atoms. The molecule has 0 fully saturated rings. The summed E-state index contributed by atoms with van der Waals surface area (Å²) in [6, 6.07) is 2.01. The average Bonchev–Trinajstić information content (AvgIpc) is 3.12. The highest BCUT2D eigenvalue weighted by Crippen LogP contribution is 2.38. The quantitative estimate of drug-likeness (QED) is 0.0260. The van der Waals surface area contributed by atoms with Crippen molar-refractivity contribution < 1.29 is 38.2 Å². The van der Waals surface area contributed by atoms with E-state index in [1.807, 2.05) is 0 Å². The van der Waals surface area contributed by atoms with Crippen molar-refractivity contribution in [1.29, 1.82) is 0 Å². The van der Waals surface area contributed by atoms with Gasteiger partial charge in [0.05, 0.1) is 9.49 Å². The second-order valence-corrected chi connectivity index (χ2v) is 34.9. The molecule has 0 spiro atoms. The van der Waals surface area contributed by atoms with Gasteiger partial charge >= 0.3 is 11.9 Å². The Morgan fingerprint density at radius 2 is 0.885 bits per heavy atom. The monoisotopic (exact) mass is 1010 g/mol. The zero-order chi connectivity index (χ0) is 48.3. The molecule has 0 aliphatic heterocycles. The standard InChI is InChI=1S/C26H46N2O7S6Si.C8H22N2OSi.C6H15N/c1-23(2,38-21(36)40-25(5,6)19(31)32)17(29)27-13-11-15-35-42(9,10)16-12-14-28-18(30)24(3,4)39-22(37)41-26(7,8)20(33)34;1-12(2,8-4-6-10)11-7-3-5-9;1-4-7(5-2)6-3/h11-16H2,1-10H3,(H,27,29)(H,28,30)(H,31,32)(H,33,34);3-10H2,1-2H3;4-6H2,1-3H3. The molecular weight excluding hydrogens is 927 g/mol. The predicted octanol–water partition coefficient (Wildman–Crippen LogP) is 8.26.